The fraction of sp³-hybridized carbons (Fsp3) is 0.417. The fourth-order valence-corrected chi connectivity index (χ4v) is 1.38. The second kappa shape index (κ2) is 8.19. The number of halogens is 2. The lowest BCUT2D eigenvalue weighted by molar-refractivity contribution is -0.127. The number of benzene rings is 1. The van der Waals surface area contributed by atoms with Gasteiger partial charge in [0.15, 0.2) is 6.10 Å². The number of ether oxygens (including phenoxy) is 1. The molecule has 6 heteroatoms. The molecule has 0 radical (unpaired) electrons. The van der Waals surface area contributed by atoms with E-state index in [-0.39, 0.29) is 24.4 Å². The minimum absolute atomic E-state index is 0. The van der Waals surface area contributed by atoms with Crippen LogP contribution < -0.4 is 15.8 Å². The SMILES string of the molecule is CC(Oc1ccccc1Cl)C(=O)N[C@@H](C)CN.Cl. The number of hydrogen-bond donors (Lipinski definition) is 2. The average Bonchev–Trinajstić information content (AvgIpc) is 2.31. The van der Waals surface area contributed by atoms with E-state index in [4.69, 9.17) is 22.1 Å². The molecule has 0 heterocycles. The topological polar surface area (TPSA) is 64.3 Å². The van der Waals surface area contributed by atoms with Crippen molar-refractivity contribution < 1.29 is 9.53 Å². The van der Waals surface area contributed by atoms with Gasteiger partial charge < -0.3 is 15.8 Å². The zero-order valence-electron chi connectivity index (χ0n) is 10.4. The first-order chi connectivity index (χ1) is 8.04. The van der Waals surface area contributed by atoms with E-state index in [1.165, 1.54) is 0 Å². The standard InChI is InChI=1S/C12H17ClN2O2.ClH/c1-8(7-14)15-12(16)9(2)17-11-6-4-3-5-10(11)13;/h3-6,8-9H,7,14H2,1-2H3,(H,15,16);1H/t8-,9?;/m0./s1. The summed E-state index contributed by atoms with van der Waals surface area (Å²) >= 11 is 5.93. The van der Waals surface area contributed by atoms with Crippen LogP contribution in [0, 0.1) is 0 Å². The quantitative estimate of drug-likeness (QED) is 0.872. The van der Waals surface area contributed by atoms with Crippen molar-refractivity contribution in [2.24, 2.45) is 5.73 Å². The first kappa shape index (κ1) is 17.0. The van der Waals surface area contributed by atoms with Gasteiger partial charge in [0, 0.05) is 12.6 Å². The van der Waals surface area contributed by atoms with Crippen LogP contribution in [0.1, 0.15) is 13.8 Å². The molecule has 0 aliphatic carbocycles. The number of carbonyl (C=O) groups is 1. The van der Waals surface area contributed by atoms with Gasteiger partial charge in [-0.05, 0) is 26.0 Å². The molecule has 0 aliphatic rings. The van der Waals surface area contributed by atoms with E-state index in [0.717, 1.165) is 0 Å². The molecular weight excluding hydrogens is 275 g/mol. The fourth-order valence-electron chi connectivity index (χ4n) is 1.20. The first-order valence-corrected chi connectivity index (χ1v) is 5.84. The maximum absolute atomic E-state index is 11.7. The molecular formula is C12H18Cl2N2O2. The third-order valence-corrected chi connectivity index (χ3v) is 2.56. The maximum atomic E-state index is 11.7. The van der Waals surface area contributed by atoms with Crippen LogP contribution in [0.2, 0.25) is 5.02 Å². The van der Waals surface area contributed by atoms with Gasteiger partial charge in [-0.2, -0.15) is 0 Å². The Morgan fingerprint density at radius 3 is 2.61 bits per heavy atom. The summed E-state index contributed by atoms with van der Waals surface area (Å²) in [6, 6.07) is 6.97. The van der Waals surface area contributed by atoms with Crippen molar-refractivity contribution in [3.8, 4) is 5.75 Å². The summed E-state index contributed by atoms with van der Waals surface area (Å²) < 4.78 is 5.47. The van der Waals surface area contributed by atoms with Crippen LogP contribution in [-0.2, 0) is 4.79 Å². The Morgan fingerprint density at radius 2 is 2.06 bits per heavy atom. The molecule has 1 rings (SSSR count). The Labute approximate surface area is 118 Å². The van der Waals surface area contributed by atoms with E-state index in [9.17, 15) is 4.79 Å². The molecule has 1 unspecified atom stereocenters. The summed E-state index contributed by atoms with van der Waals surface area (Å²) in [6.45, 7) is 3.90. The van der Waals surface area contributed by atoms with Gasteiger partial charge >= 0.3 is 0 Å². The molecule has 1 amide bonds. The Kier molecular flexibility index (Phi) is 7.75. The first-order valence-electron chi connectivity index (χ1n) is 5.46. The zero-order valence-corrected chi connectivity index (χ0v) is 11.9. The van der Waals surface area contributed by atoms with Crippen LogP contribution in [0.25, 0.3) is 0 Å². The highest BCUT2D eigenvalue weighted by Gasteiger charge is 2.17. The van der Waals surface area contributed by atoms with E-state index in [0.29, 0.717) is 17.3 Å². The number of rotatable bonds is 5. The van der Waals surface area contributed by atoms with Gasteiger partial charge in [-0.15, -0.1) is 12.4 Å². The molecule has 18 heavy (non-hydrogen) atoms. The summed E-state index contributed by atoms with van der Waals surface area (Å²) in [5.74, 6) is 0.292. The predicted molar refractivity (Wildman–Crippen MR) is 75.4 cm³/mol. The Morgan fingerprint density at radius 1 is 1.44 bits per heavy atom. The Balaban J connectivity index is 0.00000289. The van der Waals surface area contributed by atoms with Gasteiger partial charge in [-0.3, -0.25) is 4.79 Å². The molecule has 0 saturated heterocycles. The number of para-hydroxylation sites is 1. The molecule has 0 fully saturated rings. The summed E-state index contributed by atoms with van der Waals surface area (Å²) in [6.07, 6.45) is -0.608. The van der Waals surface area contributed by atoms with Crippen molar-refractivity contribution in [1.82, 2.24) is 5.32 Å². The van der Waals surface area contributed by atoms with Crippen LogP contribution >= 0.6 is 24.0 Å². The molecule has 1 aromatic carbocycles. The highest BCUT2D eigenvalue weighted by molar-refractivity contribution is 6.32. The van der Waals surface area contributed by atoms with Gasteiger partial charge in [-0.1, -0.05) is 23.7 Å². The van der Waals surface area contributed by atoms with Crippen LogP contribution in [0.3, 0.4) is 0 Å². The van der Waals surface area contributed by atoms with E-state index in [2.05, 4.69) is 5.32 Å². The number of nitrogens with one attached hydrogen (secondary N) is 1. The molecule has 1 aromatic rings. The summed E-state index contributed by atoms with van der Waals surface area (Å²) in [4.78, 5) is 11.7. The van der Waals surface area contributed by atoms with Crippen LogP contribution in [0.4, 0.5) is 0 Å². The highest BCUT2D eigenvalue weighted by atomic mass is 35.5. The second-order valence-corrected chi connectivity index (χ2v) is 4.24. The lowest BCUT2D eigenvalue weighted by atomic mass is 10.3. The summed E-state index contributed by atoms with van der Waals surface area (Å²) in [7, 11) is 0. The van der Waals surface area contributed by atoms with Crippen molar-refractivity contribution in [3.63, 3.8) is 0 Å². The summed E-state index contributed by atoms with van der Waals surface area (Å²) in [5.41, 5.74) is 5.42. The third-order valence-electron chi connectivity index (χ3n) is 2.25. The van der Waals surface area contributed by atoms with Crippen molar-refractivity contribution in [2.75, 3.05) is 6.54 Å². The zero-order chi connectivity index (χ0) is 12.8. The van der Waals surface area contributed by atoms with Gasteiger partial charge in [0.25, 0.3) is 5.91 Å². The molecule has 4 nitrogen and oxygen atoms in total. The summed E-state index contributed by atoms with van der Waals surface area (Å²) in [5, 5.41) is 3.22. The number of amides is 1. The Bertz CT molecular complexity index is 388. The van der Waals surface area contributed by atoms with E-state index < -0.39 is 6.10 Å². The lowest BCUT2D eigenvalue weighted by Crippen LogP contribution is -2.44. The monoisotopic (exact) mass is 292 g/mol. The molecule has 102 valence electrons. The molecule has 3 N–H and O–H groups in total. The van der Waals surface area contributed by atoms with Gasteiger partial charge in [0.05, 0.1) is 5.02 Å². The highest BCUT2D eigenvalue weighted by Crippen LogP contribution is 2.24. The molecule has 0 aromatic heterocycles. The van der Waals surface area contributed by atoms with Crippen molar-refractivity contribution in [3.05, 3.63) is 29.3 Å². The number of carbonyl (C=O) groups excluding carboxylic acids is 1. The molecule has 2 atom stereocenters. The van der Waals surface area contributed by atoms with Gasteiger partial charge in [0.2, 0.25) is 0 Å². The van der Waals surface area contributed by atoms with Gasteiger partial charge in [-0.25, -0.2) is 0 Å². The third kappa shape index (κ3) is 5.12. The van der Waals surface area contributed by atoms with Gasteiger partial charge in [0.1, 0.15) is 5.75 Å². The molecule has 0 aliphatic heterocycles. The largest absolute Gasteiger partial charge is 0.479 e. The van der Waals surface area contributed by atoms with Crippen LogP contribution in [0.15, 0.2) is 24.3 Å². The van der Waals surface area contributed by atoms with E-state index in [1.807, 2.05) is 6.92 Å². The second-order valence-electron chi connectivity index (χ2n) is 3.84. The van der Waals surface area contributed by atoms with Crippen molar-refractivity contribution in [1.29, 1.82) is 0 Å². The smallest absolute Gasteiger partial charge is 0.261 e. The van der Waals surface area contributed by atoms with E-state index >= 15 is 0 Å². The molecule has 0 saturated carbocycles. The van der Waals surface area contributed by atoms with Crippen molar-refractivity contribution >= 4 is 29.9 Å². The minimum Gasteiger partial charge on any atom is -0.479 e. The average molecular weight is 293 g/mol. The normalized spacial score (nSPS) is 13.1. The van der Waals surface area contributed by atoms with E-state index in [1.54, 1.807) is 31.2 Å². The minimum atomic E-state index is -0.608. The molecule has 0 bridgehead atoms. The van der Waals surface area contributed by atoms with Crippen molar-refractivity contribution in [2.45, 2.75) is 26.0 Å². The molecule has 0 spiro atoms. The predicted octanol–water partition coefficient (Wildman–Crippen LogP) is 1.99. The lowest BCUT2D eigenvalue weighted by Gasteiger charge is -2.18. The maximum Gasteiger partial charge on any atom is 0.261 e. The number of nitrogens with two attached hydrogens (primary N) is 1. The number of hydrogen-bond acceptors (Lipinski definition) is 3. The Hall–Kier alpha value is -0.970. The van der Waals surface area contributed by atoms with Crippen LogP contribution in [-0.4, -0.2) is 24.6 Å². The van der Waals surface area contributed by atoms with Crippen LogP contribution in [0.5, 0.6) is 5.75 Å².